The van der Waals surface area contributed by atoms with Crippen LogP contribution in [-0.4, -0.2) is 32.3 Å². The summed E-state index contributed by atoms with van der Waals surface area (Å²) in [5.41, 5.74) is 0.505. The Kier molecular flexibility index (Phi) is 6.67. The lowest BCUT2D eigenvalue weighted by atomic mass is 10.1. The minimum atomic E-state index is -0.322. The molecule has 0 aromatic heterocycles. The van der Waals surface area contributed by atoms with Gasteiger partial charge in [-0.3, -0.25) is 0 Å². The van der Waals surface area contributed by atoms with Gasteiger partial charge in [0, 0.05) is 12.5 Å². The van der Waals surface area contributed by atoms with Crippen LogP contribution in [0.25, 0.3) is 0 Å². The van der Waals surface area contributed by atoms with E-state index in [0.717, 1.165) is 19.5 Å². The maximum Gasteiger partial charge on any atom is 0.341 e. The zero-order chi connectivity index (χ0) is 12.8. The zero-order valence-corrected chi connectivity index (χ0v) is 11.9. The summed E-state index contributed by atoms with van der Waals surface area (Å²) in [5.74, 6) is 0.820. The van der Waals surface area contributed by atoms with E-state index in [9.17, 15) is 4.79 Å². The van der Waals surface area contributed by atoms with E-state index in [1.54, 1.807) is 13.0 Å². The summed E-state index contributed by atoms with van der Waals surface area (Å²) < 4.78 is 10.8. The fourth-order valence-electron chi connectivity index (χ4n) is 2.03. The summed E-state index contributed by atoms with van der Waals surface area (Å²) in [6, 6.07) is 7.23. The number of benzene rings is 1. The van der Waals surface area contributed by atoms with Crippen LogP contribution >= 0.6 is 12.4 Å². The number of para-hydroxylation sites is 1. The maximum atomic E-state index is 11.7. The number of ether oxygens (including phenoxy) is 2. The molecule has 0 bridgehead atoms. The summed E-state index contributed by atoms with van der Waals surface area (Å²) in [6.07, 6.45) is 1.13. The second kappa shape index (κ2) is 8.02. The van der Waals surface area contributed by atoms with E-state index < -0.39 is 0 Å². The van der Waals surface area contributed by atoms with Crippen LogP contribution in [0.2, 0.25) is 0 Å². The van der Waals surface area contributed by atoms with Crippen LogP contribution < -0.4 is 10.1 Å². The highest BCUT2D eigenvalue weighted by molar-refractivity contribution is 5.92. The van der Waals surface area contributed by atoms with Gasteiger partial charge in [0.2, 0.25) is 0 Å². The lowest BCUT2D eigenvalue weighted by Crippen LogP contribution is -2.16. The van der Waals surface area contributed by atoms with Gasteiger partial charge in [-0.2, -0.15) is 0 Å². The monoisotopic (exact) mass is 285 g/mol. The van der Waals surface area contributed by atoms with Crippen molar-refractivity contribution in [3.63, 3.8) is 0 Å². The van der Waals surface area contributed by atoms with Gasteiger partial charge in [0.25, 0.3) is 0 Å². The standard InChI is InChI=1S/C14H19NO3.ClH/c1-2-17-14(16)12-5-3-4-6-13(12)18-10-11-7-8-15-9-11;/h3-6,11,15H,2,7-10H2,1H3;1H. The molecular formula is C14H20ClNO3. The SMILES string of the molecule is CCOC(=O)c1ccccc1OCC1CCNC1.Cl. The average molecular weight is 286 g/mol. The first kappa shape index (κ1) is 15.8. The fourth-order valence-corrected chi connectivity index (χ4v) is 2.03. The number of esters is 1. The Labute approximate surface area is 119 Å². The topological polar surface area (TPSA) is 47.6 Å². The number of hydrogen-bond donors (Lipinski definition) is 1. The van der Waals surface area contributed by atoms with Gasteiger partial charge >= 0.3 is 5.97 Å². The van der Waals surface area contributed by atoms with Crippen LogP contribution in [0.3, 0.4) is 0 Å². The fraction of sp³-hybridized carbons (Fsp3) is 0.500. The van der Waals surface area contributed by atoms with Crippen LogP contribution in [-0.2, 0) is 4.74 Å². The Morgan fingerprint density at radius 1 is 1.42 bits per heavy atom. The Balaban J connectivity index is 0.00000180. The minimum absolute atomic E-state index is 0. The van der Waals surface area contributed by atoms with Crippen molar-refractivity contribution in [2.24, 2.45) is 5.92 Å². The molecule has 0 saturated carbocycles. The minimum Gasteiger partial charge on any atom is -0.492 e. The number of carbonyl (C=O) groups is 1. The smallest absolute Gasteiger partial charge is 0.341 e. The molecule has 0 spiro atoms. The lowest BCUT2D eigenvalue weighted by molar-refractivity contribution is 0.0521. The first-order chi connectivity index (χ1) is 8.81. The molecule has 106 valence electrons. The van der Waals surface area contributed by atoms with Gasteiger partial charge in [-0.15, -0.1) is 12.4 Å². The van der Waals surface area contributed by atoms with Gasteiger partial charge in [-0.1, -0.05) is 12.1 Å². The van der Waals surface area contributed by atoms with Crippen molar-refractivity contribution in [3.8, 4) is 5.75 Å². The number of carbonyl (C=O) groups excluding carboxylic acids is 1. The largest absolute Gasteiger partial charge is 0.492 e. The van der Waals surface area contributed by atoms with Crippen molar-refractivity contribution in [2.45, 2.75) is 13.3 Å². The van der Waals surface area contributed by atoms with Crippen molar-refractivity contribution < 1.29 is 14.3 Å². The van der Waals surface area contributed by atoms with Crippen LogP contribution in [0.5, 0.6) is 5.75 Å². The molecule has 1 aromatic carbocycles. The average Bonchev–Trinajstić information content (AvgIpc) is 2.90. The third-order valence-electron chi connectivity index (χ3n) is 3.02. The van der Waals surface area contributed by atoms with Gasteiger partial charge < -0.3 is 14.8 Å². The summed E-state index contributed by atoms with van der Waals surface area (Å²) in [6.45, 7) is 4.85. The summed E-state index contributed by atoms with van der Waals surface area (Å²) in [5, 5.41) is 3.29. The van der Waals surface area contributed by atoms with Crippen molar-refractivity contribution in [3.05, 3.63) is 29.8 Å². The summed E-state index contributed by atoms with van der Waals surface area (Å²) >= 11 is 0. The zero-order valence-electron chi connectivity index (χ0n) is 11.1. The molecule has 5 heteroatoms. The highest BCUT2D eigenvalue weighted by atomic mass is 35.5. The predicted molar refractivity (Wildman–Crippen MR) is 76.1 cm³/mol. The van der Waals surface area contributed by atoms with E-state index in [1.165, 1.54) is 0 Å². The number of hydrogen-bond acceptors (Lipinski definition) is 4. The van der Waals surface area contributed by atoms with E-state index in [2.05, 4.69) is 5.32 Å². The van der Waals surface area contributed by atoms with Crippen LogP contribution in [0.1, 0.15) is 23.7 Å². The van der Waals surface area contributed by atoms with Crippen molar-refractivity contribution in [1.29, 1.82) is 0 Å². The normalized spacial score (nSPS) is 17.6. The Morgan fingerprint density at radius 2 is 2.21 bits per heavy atom. The highest BCUT2D eigenvalue weighted by Crippen LogP contribution is 2.20. The number of nitrogens with one attached hydrogen (secondary N) is 1. The van der Waals surface area contributed by atoms with Gasteiger partial charge in [0.15, 0.2) is 0 Å². The first-order valence-electron chi connectivity index (χ1n) is 6.41. The van der Waals surface area contributed by atoms with Gasteiger partial charge in [-0.25, -0.2) is 4.79 Å². The van der Waals surface area contributed by atoms with Crippen molar-refractivity contribution >= 4 is 18.4 Å². The number of rotatable bonds is 5. The second-order valence-corrected chi connectivity index (χ2v) is 4.39. The molecule has 1 aromatic rings. The third-order valence-corrected chi connectivity index (χ3v) is 3.02. The second-order valence-electron chi connectivity index (χ2n) is 4.39. The van der Waals surface area contributed by atoms with Crippen LogP contribution in [0.15, 0.2) is 24.3 Å². The van der Waals surface area contributed by atoms with E-state index in [-0.39, 0.29) is 18.4 Å². The molecule has 0 amide bonds. The number of halogens is 1. The predicted octanol–water partition coefficient (Wildman–Crippen LogP) is 2.27. The molecule has 1 saturated heterocycles. The molecule has 2 rings (SSSR count). The van der Waals surface area contributed by atoms with Crippen LogP contribution in [0, 0.1) is 5.92 Å². The lowest BCUT2D eigenvalue weighted by Gasteiger charge is -2.13. The van der Waals surface area contributed by atoms with Gasteiger partial charge in [0.1, 0.15) is 11.3 Å². The molecule has 1 atom stereocenters. The molecular weight excluding hydrogens is 266 g/mol. The van der Waals surface area contributed by atoms with E-state index >= 15 is 0 Å². The highest BCUT2D eigenvalue weighted by Gasteiger charge is 2.17. The summed E-state index contributed by atoms with van der Waals surface area (Å²) in [7, 11) is 0. The van der Waals surface area contributed by atoms with Crippen LogP contribution in [0.4, 0.5) is 0 Å². The molecule has 1 unspecified atom stereocenters. The Morgan fingerprint density at radius 3 is 2.89 bits per heavy atom. The quantitative estimate of drug-likeness (QED) is 0.843. The molecule has 1 N–H and O–H groups in total. The Bertz CT molecular complexity index is 405. The molecule has 4 nitrogen and oxygen atoms in total. The molecule has 1 aliphatic rings. The molecule has 0 aliphatic carbocycles. The van der Waals surface area contributed by atoms with Gasteiger partial charge in [-0.05, 0) is 32.0 Å². The van der Waals surface area contributed by atoms with E-state index in [1.807, 2.05) is 18.2 Å². The summed E-state index contributed by atoms with van der Waals surface area (Å²) in [4.78, 5) is 11.7. The van der Waals surface area contributed by atoms with Gasteiger partial charge in [0.05, 0.1) is 13.2 Å². The third kappa shape index (κ3) is 4.40. The van der Waals surface area contributed by atoms with E-state index in [0.29, 0.717) is 30.4 Å². The molecule has 1 heterocycles. The van der Waals surface area contributed by atoms with E-state index in [4.69, 9.17) is 9.47 Å². The Hall–Kier alpha value is -1.26. The van der Waals surface area contributed by atoms with Crippen molar-refractivity contribution in [2.75, 3.05) is 26.3 Å². The molecule has 1 fully saturated rings. The first-order valence-corrected chi connectivity index (χ1v) is 6.41. The molecule has 1 aliphatic heterocycles. The molecule has 19 heavy (non-hydrogen) atoms. The van der Waals surface area contributed by atoms with Crippen molar-refractivity contribution in [1.82, 2.24) is 5.32 Å². The molecule has 0 radical (unpaired) electrons. The maximum absolute atomic E-state index is 11.7.